The van der Waals surface area contributed by atoms with Crippen LogP contribution in [0.4, 0.5) is 0 Å². The van der Waals surface area contributed by atoms with Crippen molar-refractivity contribution in [3.63, 3.8) is 0 Å². The summed E-state index contributed by atoms with van der Waals surface area (Å²) in [5.41, 5.74) is 7.33. The second-order valence-corrected chi connectivity index (χ2v) is 5.61. The van der Waals surface area contributed by atoms with Crippen molar-refractivity contribution in [3.8, 4) is 5.75 Å². The van der Waals surface area contributed by atoms with E-state index in [1.165, 1.54) is 0 Å². The van der Waals surface area contributed by atoms with Crippen molar-refractivity contribution in [2.24, 2.45) is 5.73 Å². The van der Waals surface area contributed by atoms with Crippen molar-refractivity contribution >= 4 is 22.8 Å². The van der Waals surface area contributed by atoms with Crippen molar-refractivity contribution in [3.05, 3.63) is 59.9 Å². The molecule has 3 rings (SSSR count). The largest absolute Gasteiger partial charge is 0.484 e. The van der Waals surface area contributed by atoms with Gasteiger partial charge in [-0.1, -0.05) is 12.1 Å². The Hall–Kier alpha value is -3.35. The molecular weight excluding hydrogens is 320 g/mol. The number of ether oxygens (including phenoxy) is 1. The Morgan fingerprint density at radius 1 is 1.20 bits per heavy atom. The molecule has 0 bridgehead atoms. The van der Waals surface area contributed by atoms with Gasteiger partial charge in [-0.15, -0.1) is 0 Å². The fraction of sp³-hybridized carbons (Fsp3) is 0.167. The van der Waals surface area contributed by atoms with Crippen molar-refractivity contribution < 1.29 is 14.3 Å². The normalized spacial score (nSPS) is 11.9. The van der Waals surface area contributed by atoms with E-state index in [9.17, 15) is 9.59 Å². The maximum absolute atomic E-state index is 12.0. The van der Waals surface area contributed by atoms with Gasteiger partial charge in [0, 0.05) is 5.56 Å². The van der Waals surface area contributed by atoms with E-state index in [1.54, 1.807) is 24.3 Å². The molecule has 0 saturated carbocycles. The standard InChI is InChI=1S/C18H18N4O3/c1-11(18-21-14-4-2-3-5-15(14)22-18)20-16(23)10-25-13-8-6-12(7-9-13)17(19)24/h2-9,11H,10H2,1H3,(H2,19,24)(H,20,23)(H,21,22). The SMILES string of the molecule is CC(NC(=O)COc1ccc(C(N)=O)cc1)c1nc2ccccc2[nH]1. The van der Waals surface area contributed by atoms with Crippen LogP contribution in [0.15, 0.2) is 48.5 Å². The third kappa shape index (κ3) is 3.95. The molecule has 4 N–H and O–H groups in total. The molecule has 1 unspecified atom stereocenters. The van der Waals surface area contributed by atoms with E-state index in [1.807, 2.05) is 31.2 Å². The molecule has 7 nitrogen and oxygen atoms in total. The molecule has 25 heavy (non-hydrogen) atoms. The lowest BCUT2D eigenvalue weighted by atomic mass is 10.2. The summed E-state index contributed by atoms with van der Waals surface area (Å²) in [7, 11) is 0. The van der Waals surface area contributed by atoms with Gasteiger partial charge in [-0.3, -0.25) is 9.59 Å². The van der Waals surface area contributed by atoms with Crippen LogP contribution in [0.5, 0.6) is 5.75 Å². The summed E-state index contributed by atoms with van der Waals surface area (Å²) in [4.78, 5) is 30.7. The number of carbonyl (C=O) groups excluding carboxylic acids is 2. The Bertz CT molecular complexity index is 869. The molecule has 128 valence electrons. The number of aromatic nitrogens is 2. The van der Waals surface area contributed by atoms with Crippen molar-refractivity contribution in [2.75, 3.05) is 6.61 Å². The molecule has 0 saturated heterocycles. The third-order valence-corrected chi connectivity index (χ3v) is 3.70. The van der Waals surface area contributed by atoms with E-state index >= 15 is 0 Å². The van der Waals surface area contributed by atoms with Crippen molar-refractivity contribution in [1.29, 1.82) is 0 Å². The summed E-state index contributed by atoms with van der Waals surface area (Å²) in [5.74, 6) is 0.382. The van der Waals surface area contributed by atoms with E-state index in [2.05, 4.69) is 15.3 Å². The number of imidazole rings is 1. The number of amides is 2. The van der Waals surface area contributed by atoms with Crippen LogP contribution in [0.2, 0.25) is 0 Å². The minimum Gasteiger partial charge on any atom is -0.484 e. The van der Waals surface area contributed by atoms with Gasteiger partial charge in [-0.05, 0) is 43.3 Å². The van der Waals surface area contributed by atoms with E-state index in [0.29, 0.717) is 17.1 Å². The molecular formula is C18H18N4O3. The number of carbonyl (C=O) groups is 2. The van der Waals surface area contributed by atoms with E-state index in [-0.39, 0.29) is 18.6 Å². The van der Waals surface area contributed by atoms with Crippen LogP contribution in [0.25, 0.3) is 11.0 Å². The van der Waals surface area contributed by atoms with Gasteiger partial charge in [0.1, 0.15) is 11.6 Å². The highest BCUT2D eigenvalue weighted by Gasteiger charge is 2.14. The number of nitrogens with one attached hydrogen (secondary N) is 2. The summed E-state index contributed by atoms with van der Waals surface area (Å²) in [5, 5.41) is 2.83. The highest BCUT2D eigenvalue weighted by atomic mass is 16.5. The minimum absolute atomic E-state index is 0.138. The topological polar surface area (TPSA) is 110 Å². The Balaban J connectivity index is 1.55. The van der Waals surface area contributed by atoms with Gasteiger partial charge in [-0.25, -0.2) is 4.98 Å². The maximum atomic E-state index is 12.0. The first-order valence-electron chi connectivity index (χ1n) is 7.79. The number of aromatic amines is 1. The average molecular weight is 338 g/mol. The first-order valence-corrected chi connectivity index (χ1v) is 7.79. The molecule has 1 aromatic heterocycles. The molecule has 1 heterocycles. The number of hydrogen-bond acceptors (Lipinski definition) is 4. The van der Waals surface area contributed by atoms with Crippen LogP contribution in [-0.4, -0.2) is 28.4 Å². The molecule has 0 aliphatic rings. The number of primary amides is 1. The van der Waals surface area contributed by atoms with Gasteiger partial charge in [0.2, 0.25) is 5.91 Å². The van der Waals surface area contributed by atoms with E-state index < -0.39 is 5.91 Å². The molecule has 0 fully saturated rings. The maximum Gasteiger partial charge on any atom is 0.258 e. The summed E-state index contributed by atoms with van der Waals surface area (Å²) in [6, 6.07) is 13.7. The molecule has 0 aliphatic heterocycles. The molecule has 3 aromatic rings. The van der Waals surface area contributed by atoms with Gasteiger partial charge in [0.25, 0.3) is 5.91 Å². The second-order valence-electron chi connectivity index (χ2n) is 5.61. The van der Waals surface area contributed by atoms with Gasteiger partial charge >= 0.3 is 0 Å². The minimum atomic E-state index is -0.510. The lowest BCUT2D eigenvalue weighted by Gasteiger charge is -2.12. The third-order valence-electron chi connectivity index (χ3n) is 3.70. The summed E-state index contributed by atoms with van der Waals surface area (Å²) >= 11 is 0. The van der Waals surface area contributed by atoms with Crippen LogP contribution < -0.4 is 15.8 Å². The number of fused-ring (bicyclic) bond motifs is 1. The fourth-order valence-electron chi connectivity index (χ4n) is 2.39. The second kappa shape index (κ2) is 7.04. The van der Waals surface area contributed by atoms with Crippen molar-refractivity contribution in [1.82, 2.24) is 15.3 Å². The first kappa shape index (κ1) is 16.5. The summed E-state index contributed by atoms with van der Waals surface area (Å²) in [6.07, 6.45) is 0. The quantitative estimate of drug-likeness (QED) is 0.637. The zero-order valence-corrected chi connectivity index (χ0v) is 13.7. The average Bonchev–Trinajstić information content (AvgIpc) is 3.04. The highest BCUT2D eigenvalue weighted by Crippen LogP contribution is 2.16. The number of nitrogens with two attached hydrogens (primary N) is 1. The predicted molar refractivity (Wildman–Crippen MR) is 93.1 cm³/mol. The van der Waals surface area contributed by atoms with Crippen LogP contribution in [0.1, 0.15) is 29.1 Å². The first-order chi connectivity index (χ1) is 12.0. The number of nitrogens with zero attached hydrogens (tertiary/aromatic N) is 1. The molecule has 2 amide bonds. The van der Waals surface area contributed by atoms with Crippen LogP contribution in [0, 0.1) is 0 Å². The van der Waals surface area contributed by atoms with Gasteiger partial charge < -0.3 is 20.8 Å². The number of rotatable bonds is 6. The van der Waals surface area contributed by atoms with E-state index in [4.69, 9.17) is 10.5 Å². The molecule has 1 atom stereocenters. The fourth-order valence-corrected chi connectivity index (χ4v) is 2.39. The number of para-hydroxylation sites is 2. The number of H-pyrrole nitrogens is 1. The number of hydrogen-bond donors (Lipinski definition) is 3. The van der Waals surface area contributed by atoms with Crippen LogP contribution in [-0.2, 0) is 4.79 Å². The Morgan fingerprint density at radius 2 is 1.92 bits per heavy atom. The van der Waals surface area contributed by atoms with E-state index in [0.717, 1.165) is 11.0 Å². The van der Waals surface area contributed by atoms with Gasteiger partial charge in [-0.2, -0.15) is 0 Å². The summed E-state index contributed by atoms with van der Waals surface area (Å²) < 4.78 is 5.40. The lowest BCUT2D eigenvalue weighted by Crippen LogP contribution is -2.31. The molecule has 0 spiro atoms. The summed E-state index contributed by atoms with van der Waals surface area (Å²) in [6.45, 7) is 1.71. The number of benzene rings is 2. The molecule has 0 aliphatic carbocycles. The monoisotopic (exact) mass is 338 g/mol. The van der Waals surface area contributed by atoms with Crippen molar-refractivity contribution in [2.45, 2.75) is 13.0 Å². The highest BCUT2D eigenvalue weighted by molar-refractivity contribution is 5.92. The van der Waals surface area contributed by atoms with Crippen LogP contribution in [0.3, 0.4) is 0 Å². The smallest absolute Gasteiger partial charge is 0.258 e. The Labute approximate surface area is 144 Å². The van der Waals surface area contributed by atoms with Gasteiger partial charge in [0.05, 0.1) is 17.1 Å². The molecule has 2 aromatic carbocycles. The van der Waals surface area contributed by atoms with Crippen LogP contribution >= 0.6 is 0 Å². The predicted octanol–water partition coefficient (Wildman–Crippen LogP) is 1.92. The lowest BCUT2D eigenvalue weighted by molar-refractivity contribution is -0.123. The molecule has 0 radical (unpaired) electrons. The molecule has 7 heteroatoms. The zero-order valence-electron chi connectivity index (χ0n) is 13.7. The van der Waals surface area contributed by atoms with Gasteiger partial charge in [0.15, 0.2) is 6.61 Å². The Kier molecular flexibility index (Phi) is 4.65. The Morgan fingerprint density at radius 3 is 2.60 bits per heavy atom. The zero-order chi connectivity index (χ0) is 17.8.